The van der Waals surface area contributed by atoms with Gasteiger partial charge in [0.05, 0.1) is 0 Å². The summed E-state index contributed by atoms with van der Waals surface area (Å²) >= 11 is 0. The molecule has 0 radical (unpaired) electrons. The van der Waals surface area contributed by atoms with Crippen molar-refractivity contribution in [3.8, 4) is 0 Å². The molecule has 1 aliphatic heterocycles. The molecule has 0 bridgehead atoms. The first kappa shape index (κ1) is 14.5. The van der Waals surface area contributed by atoms with Crippen LogP contribution in [0.15, 0.2) is 18.2 Å². The summed E-state index contributed by atoms with van der Waals surface area (Å²) in [6.07, 6.45) is 0. The molecule has 1 aliphatic rings. The summed E-state index contributed by atoms with van der Waals surface area (Å²) in [5, 5.41) is 18.7. The van der Waals surface area contributed by atoms with Gasteiger partial charge in [0.1, 0.15) is 5.82 Å². The van der Waals surface area contributed by atoms with Gasteiger partial charge >= 0.3 is 7.12 Å². The molecule has 0 spiro atoms. The summed E-state index contributed by atoms with van der Waals surface area (Å²) in [4.78, 5) is 4.55. The van der Waals surface area contributed by atoms with Crippen LogP contribution in [0.4, 0.5) is 4.39 Å². The average molecular weight is 266 g/mol. The number of likely N-dealkylation sites (N-methyl/N-ethyl adjacent to an activating group) is 1. The number of piperazine rings is 1. The van der Waals surface area contributed by atoms with Gasteiger partial charge in [-0.25, -0.2) is 4.39 Å². The van der Waals surface area contributed by atoms with Crippen molar-refractivity contribution in [2.24, 2.45) is 0 Å². The normalized spacial score (nSPS) is 21.6. The molecule has 0 aliphatic carbocycles. The third kappa shape index (κ3) is 3.54. The Hall–Kier alpha value is -0.945. The van der Waals surface area contributed by atoms with Gasteiger partial charge in [-0.1, -0.05) is 6.07 Å². The number of nitrogens with zero attached hydrogens (tertiary/aromatic N) is 2. The lowest BCUT2D eigenvalue weighted by molar-refractivity contribution is 0.0940. The fourth-order valence-corrected chi connectivity index (χ4v) is 2.58. The Morgan fingerprint density at radius 1 is 1.37 bits per heavy atom. The molecule has 2 N–H and O–H groups in total. The highest BCUT2D eigenvalue weighted by Gasteiger charge is 2.24. The molecule has 4 nitrogen and oxygen atoms in total. The van der Waals surface area contributed by atoms with Gasteiger partial charge in [-0.3, -0.25) is 4.90 Å². The summed E-state index contributed by atoms with van der Waals surface area (Å²) in [5.41, 5.74) is 1.03. The van der Waals surface area contributed by atoms with Crippen molar-refractivity contribution in [1.29, 1.82) is 0 Å². The molecule has 1 heterocycles. The molecule has 2 rings (SSSR count). The molecule has 1 aromatic carbocycles. The first-order valence-electron chi connectivity index (χ1n) is 6.54. The maximum absolute atomic E-state index is 13.2. The van der Waals surface area contributed by atoms with E-state index < -0.39 is 12.9 Å². The summed E-state index contributed by atoms with van der Waals surface area (Å²) in [5.74, 6) is -0.446. The van der Waals surface area contributed by atoms with E-state index in [-0.39, 0.29) is 5.46 Å². The van der Waals surface area contributed by atoms with E-state index in [9.17, 15) is 14.4 Å². The fraction of sp³-hybridized carbons (Fsp3) is 0.538. The minimum atomic E-state index is -1.63. The number of rotatable bonds is 3. The standard InChI is InChI=1S/C13H20BFN2O2/c1-10-8-16(2)5-6-17(10)9-11-3-4-12(15)7-13(11)14(18)19/h3-4,7,10,18-19H,5-6,8-9H2,1-2H3. The van der Waals surface area contributed by atoms with Gasteiger partial charge in [0.25, 0.3) is 0 Å². The van der Waals surface area contributed by atoms with Crippen LogP contribution >= 0.6 is 0 Å². The summed E-state index contributed by atoms with van der Waals surface area (Å²) in [6, 6.07) is 4.59. The molecule has 1 fully saturated rings. The van der Waals surface area contributed by atoms with Gasteiger partial charge < -0.3 is 14.9 Å². The van der Waals surface area contributed by atoms with E-state index in [0.29, 0.717) is 12.6 Å². The first-order chi connectivity index (χ1) is 8.97. The molecular weight excluding hydrogens is 246 g/mol. The Bertz CT molecular complexity index is 445. The summed E-state index contributed by atoms with van der Waals surface area (Å²) in [6.45, 7) is 5.66. The van der Waals surface area contributed by atoms with Crippen molar-refractivity contribution in [3.63, 3.8) is 0 Å². The second kappa shape index (κ2) is 6.01. The van der Waals surface area contributed by atoms with Gasteiger partial charge in [-0.05, 0) is 37.1 Å². The second-order valence-corrected chi connectivity index (χ2v) is 5.30. The Morgan fingerprint density at radius 2 is 2.11 bits per heavy atom. The maximum atomic E-state index is 13.2. The third-order valence-corrected chi connectivity index (χ3v) is 3.73. The Morgan fingerprint density at radius 3 is 2.74 bits per heavy atom. The molecule has 1 aromatic rings. The van der Waals surface area contributed by atoms with Crippen LogP contribution in [-0.4, -0.2) is 59.7 Å². The van der Waals surface area contributed by atoms with E-state index in [0.717, 1.165) is 25.2 Å². The number of halogens is 1. The van der Waals surface area contributed by atoms with Crippen LogP contribution in [0.5, 0.6) is 0 Å². The predicted octanol–water partition coefficient (Wildman–Crippen LogP) is -0.359. The zero-order valence-electron chi connectivity index (χ0n) is 11.4. The highest BCUT2D eigenvalue weighted by atomic mass is 19.1. The van der Waals surface area contributed by atoms with E-state index >= 15 is 0 Å². The van der Waals surface area contributed by atoms with Gasteiger partial charge in [0.2, 0.25) is 0 Å². The van der Waals surface area contributed by atoms with Crippen LogP contribution in [0.2, 0.25) is 0 Å². The predicted molar refractivity (Wildman–Crippen MR) is 73.6 cm³/mol. The second-order valence-electron chi connectivity index (χ2n) is 5.30. The number of benzene rings is 1. The van der Waals surface area contributed by atoms with Gasteiger partial charge in [0.15, 0.2) is 0 Å². The topological polar surface area (TPSA) is 46.9 Å². The molecule has 1 atom stereocenters. The van der Waals surface area contributed by atoms with Crippen LogP contribution in [-0.2, 0) is 6.54 Å². The molecule has 0 saturated carbocycles. The van der Waals surface area contributed by atoms with Crippen LogP contribution in [0, 0.1) is 5.82 Å². The van der Waals surface area contributed by atoms with E-state index in [1.807, 2.05) is 0 Å². The lowest BCUT2D eigenvalue weighted by Crippen LogP contribution is -2.50. The minimum Gasteiger partial charge on any atom is -0.423 e. The van der Waals surface area contributed by atoms with E-state index in [4.69, 9.17) is 0 Å². The van der Waals surface area contributed by atoms with Crippen molar-refractivity contribution in [2.75, 3.05) is 26.7 Å². The molecular formula is C13H20BFN2O2. The molecule has 0 amide bonds. The number of hydrogen-bond acceptors (Lipinski definition) is 4. The molecule has 1 saturated heterocycles. The molecule has 1 unspecified atom stereocenters. The zero-order chi connectivity index (χ0) is 14.0. The minimum absolute atomic E-state index is 0.256. The lowest BCUT2D eigenvalue weighted by Gasteiger charge is -2.38. The van der Waals surface area contributed by atoms with Crippen LogP contribution in [0.1, 0.15) is 12.5 Å². The molecule has 0 aromatic heterocycles. The van der Waals surface area contributed by atoms with E-state index in [2.05, 4.69) is 23.8 Å². The SMILES string of the molecule is CC1CN(C)CCN1Cc1ccc(F)cc1B(O)O. The highest BCUT2D eigenvalue weighted by molar-refractivity contribution is 6.59. The lowest BCUT2D eigenvalue weighted by atomic mass is 9.76. The Balaban J connectivity index is 2.14. The molecule has 6 heteroatoms. The number of hydrogen-bond donors (Lipinski definition) is 2. The van der Waals surface area contributed by atoms with Crippen molar-refractivity contribution in [3.05, 3.63) is 29.6 Å². The Kier molecular flexibility index (Phi) is 4.57. The van der Waals surface area contributed by atoms with Gasteiger partial charge in [0, 0.05) is 32.2 Å². The average Bonchev–Trinajstić information content (AvgIpc) is 2.34. The van der Waals surface area contributed by atoms with Crippen molar-refractivity contribution < 1.29 is 14.4 Å². The quantitative estimate of drug-likeness (QED) is 0.734. The summed E-state index contributed by atoms with van der Waals surface area (Å²) in [7, 11) is 0.461. The van der Waals surface area contributed by atoms with Crippen LogP contribution in [0.25, 0.3) is 0 Å². The van der Waals surface area contributed by atoms with Gasteiger partial charge in [-0.15, -0.1) is 0 Å². The molecule has 104 valence electrons. The first-order valence-corrected chi connectivity index (χ1v) is 6.54. The van der Waals surface area contributed by atoms with Crippen molar-refractivity contribution >= 4 is 12.6 Å². The van der Waals surface area contributed by atoms with Crippen LogP contribution < -0.4 is 5.46 Å². The van der Waals surface area contributed by atoms with Crippen LogP contribution in [0.3, 0.4) is 0 Å². The highest BCUT2D eigenvalue weighted by Crippen LogP contribution is 2.12. The monoisotopic (exact) mass is 266 g/mol. The third-order valence-electron chi connectivity index (χ3n) is 3.73. The van der Waals surface area contributed by atoms with E-state index in [1.165, 1.54) is 12.1 Å². The fourth-order valence-electron chi connectivity index (χ4n) is 2.58. The van der Waals surface area contributed by atoms with Crippen molar-refractivity contribution in [1.82, 2.24) is 9.80 Å². The van der Waals surface area contributed by atoms with Gasteiger partial charge in [-0.2, -0.15) is 0 Å². The zero-order valence-corrected chi connectivity index (χ0v) is 11.4. The largest absolute Gasteiger partial charge is 0.488 e. The molecule has 19 heavy (non-hydrogen) atoms. The Labute approximate surface area is 113 Å². The maximum Gasteiger partial charge on any atom is 0.488 e. The smallest absolute Gasteiger partial charge is 0.423 e. The summed E-state index contributed by atoms with van der Waals surface area (Å²) < 4.78 is 13.2. The van der Waals surface area contributed by atoms with Crippen molar-refractivity contribution in [2.45, 2.75) is 19.5 Å². The van der Waals surface area contributed by atoms with E-state index in [1.54, 1.807) is 6.07 Å².